The van der Waals surface area contributed by atoms with E-state index in [0.717, 1.165) is 30.6 Å². The zero-order chi connectivity index (χ0) is 16.1. The molecule has 5 rings (SSSR count). The summed E-state index contributed by atoms with van der Waals surface area (Å²) in [6.07, 6.45) is 2.26. The Morgan fingerprint density at radius 2 is 1.73 bits per heavy atom. The van der Waals surface area contributed by atoms with Crippen LogP contribution in [-0.2, 0) is 19.9 Å². The molecule has 6 heteroatoms. The molecule has 1 N–H and O–H groups in total. The Labute approximate surface area is 168 Å². The van der Waals surface area contributed by atoms with E-state index in [1.165, 1.54) is 55.2 Å². The van der Waals surface area contributed by atoms with Gasteiger partial charge in [0, 0.05) is 49.9 Å². The first-order valence-electron chi connectivity index (χ1n) is 9.34. The van der Waals surface area contributed by atoms with Crippen LogP contribution >= 0.6 is 24.8 Å². The molecule has 0 bridgehead atoms. The molecule has 2 aromatic rings. The minimum atomic E-state index is 0. The normalized spacial score (nSPS) is 26.9. The highest BCUT2D eigenvalue weighted by Gasteiger charge is 2.52. The van der Waals surface area contributed by atoms with Crippen LogP contribution in [0, 0.1) is 17.8 Å². The molecule has 3 heterocycles. The standard InChI is InChI=1S/C20H26N4.2ClH/c1-23-19-8-10-24(13-18-16-11-21-12-17(16)18)9-7-15(19)20(22-23)14-5-3-2-4-6-14;;/h2-6,16-18,21H,7-13H2,1H3;2*1H/t16-,17+,18?;;. The number of aromatic nitrogens is 2. The van der Waals surface area contributed by atoms with Gasteiger partial charge < -0.3 is 10.2 Å². The number of benzene rings is 1. The van der Waals surface area contributed by atoms with Gasteiger partial charge in [0.05, 0.1) is 5.69 Å². The lowest BCUT2D eigenvalue weighted by atomic mass is 10.0. The number of rotatable bonds is 3. The van der Waals surface area contributed by atoms with Crippen LogP contribution in [0.25, 0.3) is 11.3 Å². The van der Waals surface area contributed by atoms with Gasteiger partial charge in [-0.1, -0.05) is 30.3 Å². The van der Waals surface area contributed by atoms with Crippen molar-refractivity contribution in [3.05, 3.63) is 41.6 Å². The van der Waals surface area contributed by atoms with Crippen molar-refractivity contribution in [2.24, 2.45) is 24.8 Å². The van der Waals surface area contributed by atoms with E-state index < -0.39 is 0 Å². The maximum Gasteiger partial charge on any atom is 0.0958 e. The lowest BCUT2D eigenvalue weighted by Gasteiger charge is -2.21. The third-order valence-electron chi connectivity index (χ3n) is 6.40. The Hall–Kier alpha value is -1.07. The highest BCUT2D eigenvalue weighted by atomic mass is 35.5. The van der Waals surface area contributed by atoms with Gasteiger partial charge in [-0.15, -0.1) is 24.8 Å². The van der Waals surface area contributed by atoms with Gasteiger partial charge in [0.1, 0.15) is 0 Å². The fourth-order valence-corrected chi connectivity index (χ4v) is 4.95. The molecule has 4 nitrogen and oxygen atoms in total. The van der Waals surface area contributed by atoms with Crippen molar-refractivity contribution < 1.29 is 0 Å². The van der Waals surface area contributed by atoms with Gasteiger partial charge in [-0.25, -0.2) is 0 Å². The van der Waals surface area contributed by atoms with Crippen molar-refractivity contribution in [3.8, 4) is 11.3 Å². The number of hydrogen-bond donors (Lipinski definition) is 1. The molecule has 3 aliphatic rings. The molecule has 142 valence electrons. The lowest BCUT2D eigenvalue weighted by molar-refractivity contribution is 0.261. The number of halogens is 2. The van der Waals surface area contributed by atoms with Crippen LogP contribution in [0.1, 0.15) is 11.3 Å². The Kier molecular flexibility index (Phi) is 5.97. The first-order chi connectivity index (χ1) is 11.8. The van der Waals surface area contributed by atoms with Gasteiger partial charge >= 0.3 is 0 Å². The van der Waals surface area contributed by atoms with Crippen LogP contribution in [-0.4, -0.2) is 47.4 Å². The summed E-state index contributed by atoms with van der Waals surface area (Å²) < 4.78 is 2.12. The smallest absolute Gasteiger partial charge is 0.0958 e. The van der Waals surface area contributed by atoms with E-state index in [0.29, 0.717) is 0 Å². The molecule has 1 saturated heterocycles. The van der Waals surface area contributed by atoms with Crippen molar-refractivity contribution in [2.75, 3.05) is 32.7 Å². The Morgan fingerprint density at radius 1 is 1.04 bits per heavy atom. The second-order valence-corrected chi connectivity index (χ2v) is 7.71. The van der Waals surface area contributed by atoms with E-state index in [4.69, 9.17) is 5.10 Å². The zero-order valence-electron chi connectivity index (χ0n) is 15.2. The Morgan fingerprint density at radius 3 is 2.46 bits per heavy atom. The molecule has 26 heavy (non-hydrogen) atoms. The summed E-state index contributed by atoms with van der Waals surface area (Å²) in [7, 11) is 2.11. The molecular formula is C20H28Cl2N4. The largest absolute Gasteiger partial charge is 0.316 e. The maximum absolute atomic E-state index is 4.84. The van der Waals surface area contributed by atoms with Crippen LogP contribution in [0.2, 0.25) is 0 Å². The van der Waals surface area contributed by atoms with Gasteiger partial charge in [0.2, 0.25) is 0 Å². The SMILES string of the molecule is Cl.Cl.Cn1nc(-c2ccccc2)c2c1CCN(CC1[C@H]3CNC[C@@H]13)CC2. The first-order valence-corrected chi connectivity index (χ1v) is 9.34. The van der Waals surface area contributed by atoms with Crippen LogP contribution in [0.5, 0.6) is 0 Å². The Bertz CT molecular complexity index is 736. The molecule has 1 saturated carbocycles. The van der Waals surface area contributed by atoms with Gasteiger partial charge in [0.25, 0.3) is 0 Å². The molecule has 1 aromatic carbocycles. The van der Waals surface area contributed by atoms with Crippen LogP contribution in [0.15, 0.2) is 30.3 Å². The van der Waals surface area contributed by atoms with E-state index in [2.05, 4.69) is 52.3 Å². The van der Waals surface area contributed by atoms with Crippen molar-refractivity contribution >= 4 is 24.8 Å². The molecule has 1 unspecified atom stereocenters. The first kappa shape index (κ1) is 19.7. The maximum atomic E-state index is 4.84. The lowest BCUT2D eigenvalue weighted by Crippen LogP contribution is -2.31. The second-order valence-electron chi connectivity index (χ2n) is 7.71. The van der Waals surface area contributed by atoms with Crippen LogP contribution in [0.4, 0.5) is 0 Å². The molecule has 0 spiro atoms. The summed E-state index contributed by atoms with van der Waals surface area (Å²) in [5.41, 5.74) is 5.37. The molecule has 1 aromatic heterocycles. The topological polar surface area (TPSA) is 33.1 Å². The fourth-order valence-electron chi connectivity index (χ4n) is 4.95. The summed E-state index contributed by atoms with van der Waals surface area (Å²) in [4.78, 5) is 2.71. The average molecular weight is 395 g/mol. The van der Waals surface area contributed by atoms with Crippen molar-refractivity contribution in [1.29, 1.82) is 0 Å². The number of piperidine rings is 1. The third kappa shape index (κ3) is 3.40. The summed E-state index contributed by atoms with van der Waals surface area (Å²) in [5, 5.41) is 8.35. The van der Waals surface area contributed by atoms with E-state index in [1.54, 1.807) is 0 Å². The monoisotopic (exact) mass is 394 g/mol. The van der Waals surface area contributed by atoms with Gasteiger partial charge in [-0.3, -0.25) is 4.68 Å². The molecule has 3 atom stereocenters. The second kappa shape index (κ2) is 7.89. The minimum Gasteiger partial charge on any atom is -0.316 e. The predicted molar refractivity (Wildman–Crippen MR) is 110 cm³/mol. The molecule has 2 aliphatic heterocycles. The number of nitrogens with zero attached hydrogens (tertiary/aromatic N) is 3. The minimum absolute atomic E-state index is 0. The van der Waals surface area contributed by atoms with E-state index >= 15 is 0 Å². The third-order valence-corrected chi connectivity index (χ3v) is 6.40. The summed E-state index contributed by atoms with van der Waals surface area (Å²) >= 11 is 0. The number of aryl methyl sites for hydroxylation is 1. The van der Waals surface area contributed by atoms with Gasteiger partial charge in [0.15, 0.2) is 0 Å². The van der Waals surface area contributed by atoms with E-state index in [9.17, 15) is 0 Å². The van der Waals surface area contributed by atoms with E-state index in [-0.39, 0.29) is 24.8 Å². The van der Waals surface area contributed by atoms with Gasteiger partial charge in [-0.05, 0) is 37.3 Å². The highest BCUT2D eigenvalue weighted by Crippen LogP contribution is 2.49. The fraction of sp³-hybridized carbons (Fsp3) is 0.550. The predicted octanol–water partition coefficient (Wildman–Crippen LogP) is 2.80. The number of fused-ring (bicyclic) bond motifs is 2. The molecule has 2 fully saturated rings. The van der Waals surface area contributed by atoms with Crippen molar-refractivity contribution in [3.63, 3.8) is 0 Å². The average Bonchev–Trinajstić information content (AvgIpc) is 2.94. The number of nitrogens with one attached hydrogen (secondary N) is 1. The zero-order valence-corrected chi connectivity index (χ0v) is 16.9. The highest BCUT2D eigenvalue weighted by molar-refractivity contribution is 5.85. The molecule has 0 radical (unpaired) electrons. The van der Waals surface area contributed by atoms with Gasteiger partial charge in [-0.2, -0.15) is 5.10 Å². The van der Waals surface area contributed by atoms with Crippen LogP contribution < -0.4 is 5.32 Å². The molecule has 0 amide bonds. The van der Waals surface area contributed by atoms with E-state index in [1.807, 2.05) is 0 Å². The number of hydrogen-bond acceptors (Lipinski definition) is 3. The molecule has 1 aliphatic carbocycles. The Balaban J connectivity index is 0.000000980. The van der Waals surface area contributed by atoms with Crippen LogP contribution in [0.3, 0.4) is 0 Å². The van der Waals surface area contributed by atoms with Crippen molar-refractivity contribution in [1.82, 2.24) is 20.0 Å². The summed E-state index contributed by atoms with van der Waals surface area (Å²) in [6.45, 7) is 6.18. The molecular weight excluding hydrogens is 367 g/mol. The summed E-state index contributed by atoms with van der Waals surface area (Å²) in [5.74, 6) is 2.90. The summed E-state index contributed by atoms with van der Waals surface area (Å²) in [6, 6.07) is 10.7. The quantitative estimate of drug-likeness (QED) is 0.868. The van der Waals surface area contributed by atoms with Crippen molar-refractivity contribution in [2.45, 2.75) is 12.8 Å².